The number of anilines is 1. The topological polar surface area (TPSA) is 84.6 Å². The fourth-order valence-electron chi connectivity index (χ4n) is 5.36. The minimum atomic E-state index is -3.95. The Hall–Kier alpha value is -3.25. The molecule has 8 heteroatoms. The number of halogens is 1. The van der Waals surface area contributed by atoms with Gasteiger partial charge in [-0.15, -0.1) is 0 Å². The Labute approximate surface area is 198 Å². The molecule has 34 heavy (non-hydrogen) atoms. The SMILES string of the molecule is CN1c2ccc(-c3ccc(C#N)cc3)cc2[C@H]2[C@H](CCN2S(=O)(=O)c2cccc(F)c2)[C@H]1CO. The summed E-state index contributed by atoms with van der Waals surface area (Å²) < 4.78 is 42.5. The maximum Gasteiger partial charge on any atom is 0.243 e. The van der Waals surface area contributed by atoms with Gasteiger partial charge in [0.1, 0.15) is 5.82 Å². The number of nitriles is 1. The van der Waals surface area contributed by atoms with Gasteiger partial charge in [0.25, 0.3) is 0 Å². The quantitative estimate of drug-likeness (QED) is 0.616. The first-order valence-electron chi connectivity index (χ1n) is 11.1. The highest BCUT2D eigenvalue weighted by Crippen LogP contribution is 2.51. The van der Waals surface area contributed by atoms with Crippen molar-refractivity contribution in [3.8, 4) is 17.2 Å². The molecule has 6 nitrogen and oxygen atoms in total. The molecule has 0 amide bonds. The predicted molar refractivity (Wildman–Crippen MR) is 127 cm³/mol. The Morgan fingerprint density at radius 1 is 1.09 bits per heavy atom. The second-order valence-corrected chi connectivity index (χ2v) is 10.7. The highest BCUT2D eigenvalue weighted by atomic mass is 32.2. The van der Waals surface area contributed by atoms with Crippen LogP contribution in [0.4, 0.5) is 10.1 Å². The van der Waals surface area contributed by atoms with Crippen LogP contribution in [0.1, 0.15) is 23.6 Å². The predicted octanol–water partition coefficient (Wildman–Crippen LogP) is 3.93. The molecular weight excluding hydrogens is 453 g/mol. The Balaban J connectivity index is 1.64. The molecule has 174 valence electrons. The van der Waals surface area contributed by atoms with Gasteiger partial charge in [0.05, 0.1) is 35.2 Å². The highest BCUT2D eigenvalue weighted by Gasteiger charge is 2.50. The monoisotopic (exact) mass is 477 g/mol. The van der Waals surface area contributed by atoms with E-state index in [0.29, 0.717) is 18.5 Å². The molecule has 3 atom stereocenters. The van der Waals surface area contributed by atoms with Gasteiger partial charge in [0.15, 0.2) is 0 Å². The fraction of sp³-hybridized carbons (Fsp3) is 0.269. The van der Waals surface area contributed by atoms with Crippen molar-refractivity contribution in [2.45, 2.75) is 23.4 Å². The van der Waals surface area contributed by atoms with Gasteiger partial charge in [-0.3, -0.25) is 0 Å². The molecule has 0 bridgehead atoms. The zero-order chi connectivity index (χ0) is 24.0. The molecular formula is C26H24FN3O3S. The summed E-state index contributed by atoms with van der Waals surface area (Å²) in [4.78, 5) is 1.95. The van der Waals surface area contributed by atoms with E-state index in [-0.39, 0.29) is 23.5 Å². The minimum absolute atomic E-state index is 0.0718. The summed E-state index contributed by atoms with van der Waals surface area (Å²) in [5.41, 5.74) is 4.11. The van der Waals surface area contributed by atoms with Crippen molar-refractivity contribution in [2.75, 3.05) is 25.1 Å². The molecule has 1 saturated heterocycles. The number of aliphatic hydroxyl groups excluding tert-OH is 1. The summed E-state index contributed by atoms with van der Waals surface area (Å²) in [6.45, 7) is 0.196. The first-order valence-corrected chi connectivity index (χ1v) is 12.5. The Bertz CT molecular complexity index is 1390. The average Bonchev–Trinajstić information content (AvgIpc) is 3.30. The standard InChI is InChI=1S/C26H24FN3O3S/c1-29-24-10-9-19(18-7-5-17(15-28)6-8-18)13-23(24)26-22(25(29)16-31)11-12-30(26)34(32,33)21-4-2-3-20(27)14-21/h2-10,13-14,22,25-26,31H,11-12,16H2,1H3/t22-,25-,26-/m1/s1. The van der Waals surface area contributed by atoms with E-state index in [4.69, 9.17) is 5.26 Å². The van der Waals surface area contributed by atoms with Gasteiger partial charge in [-0.25, -0.2) is 12.8 Å². The smallest absolute Gasteiger partial charge is 0.243 e. The van der Waals surface area contributed by atoms with Crippen LogP contribution in [-0.4, -0.2) is 44.1 Å². The Kier molecular flexibility index (Phi) is 5.64. The minimum Gasteiger partial charge on any atom is -0.394 e. The molecule has 3 aromatic rings. The molecule has 2 aliphatic heterocycles. The summed E-state index contributed by atoms with van der Waals surface area (Å²) in [7, 11) is -2.04. The zero-order valence-electron chi connectivity index (χ0n) is 18.6. The van der Waals surface area contributed by atoms with E-state index in [1.54, 1.807) is 12.1 Å². The molecule has 0 spiro atoms. The average molecular weight is 478 g/mol. The van der Waals surface area contributed by atoms with Crippen LogP contribution < -0.4 is 4.90 Å². The second kappa shape index (κ2) is 8.51. The third-order valence-corrected chi connectivity index (χ3v) is 8.93. The van der Waals surface area contributed by atoms with Crippen LogP contribution >= 0.6 is 0 Å². The van der Waals surface area contributed by atoms with Crippen molar-refractivity contribution in [3.63, 3.8) is 0 Å². The number of sulfonamides is 1. The zero-order valence-corrected chi connectivity index (χ0v) is 19.4. The summed E-state index contributed by atoms with van der Waals surface area (Å²) >= 11 is 0. The molecule has 0 radical (unpaired) electrons. The second-order valence-electron chi connectivity index (χ2n) is 8.79. The number of aliphatic hydroxyl groups is 1. The lowest BCUT2D eigenvalue weighted by Crippen LogP contribution is -2.48. The molecule has 0 unspecified atom stereocenters. The van der Waals surface area contributed by atoms with Crippen LogP contribution in [-0.2, 0) is 10.0 Å². The number of benzene rings is 3. The summed E-state index contributed by atoms with van der Waals surface area (Å²) in [6.07, 6.45) is 0.593. The van der Waals surface area contributed by atoms with Crippen LogP contribution in [0.3, 0.4) is 0 Å². The lowest BCUT2D eigenvalue weighted by atomic mass is 9.81. The number of hydrogen-bond acceptors (Lipinski definition) is 5. The van der Waals surface area contributed by atoms with E-state index in [2.05, 4.69) is 6.07 Å². The first kappa shape index (κ1) is 22.5. The third-order valence-electron chi connectivity index (χ3n) is 7.05. The number of nitrogens with zero attached hydrogens (tertiary/aromatic N) is 3. The molecule has 5 rings (SSSR count). The van der Waals surface area contributed by atoms with E-state index >= 15 is 0 Å². The van der Waals surface area contributed by atoms with E-state index in [9.17, 15) is 17.9 Å². The largest absolute Gasteiger partial charge is 0.394 e. The van der Waals surface area contributed by atoms with Crippen molar-refractivity contribution in [1.29, 1.82) is 5.26 Å². The summed E-state index contributed by atoms with van der Waals surface area (Å²) in [5, 5.41) is 19.3. The first-order chi connectivity index (χ1) is 16.3. The Morgan fingerprint density at radius 2 is 1.82 bits per heavy atom. The van der Waals surface area contributed by atoms with E-state index in [0.717, 1.165) is 28.4 Å². The summed E-state index contributed by atoms with van der Waals surface area (Å²) in [6, 6.07) is 19.7. The molecule has 3 aromatic carbocycles. The van der Waals surface area contributed by atoms with Crippen molar-refractivity contribution in [1.82, 2.24) is 4.31 Å². The highest BCUT2D eigenvalue weighted by molar-refractivity contribution is 7.89. The van der Waals surface area contributed by atoms with Gasteiger partial charge >= 0.3 is 0 Å². The van der Waals surface area contributed by atoms with Gasteiger partial charge in [-0.1, -0.05) is 24.3 Å². The van der Waals surface area contributed by atoms with Crippen LogP contribution in [0.5, 0.6) is 0 Å². The molecule has 2 aliphatic rings. The third kappa shape index (κ3) is 3.57. The number of likely N-dealkylation sites (N-methyl/N-ethyl adjacent to an activating group) is 1. The van der Waals surface area contributed by atoms with Crippen molar-refractivity contribution < 1.29 is 17.9 Å². The lowest BCUT2D eigenvalue weighted by molar-refractivity contribution is 0.193. The maximum absolute atomic E-state index is 13.9. The van der Waals surface area contributed by atoms with Gasteiger partial charge < -0.3 is 10.0 Å². The van der Waals surface area contributed by atoms with Gasteiger partial charge in [-0.05, 0) is 65.6 Å². The van der Waals surface area contributed by atoms with Crippen molar-refractivity contribution >= 4 is 15.7 Å². The normalized spacial score (nSPS) is 22.2. The molecule has 0 aliphatic carbocycles. The summed E-state index contributed by atoms with van der Waals surface area (Å²) in [5.74, 6) is -0.709. The molecule has 2 heterocycles. The lowest BCUT2D eigenvalue weighted by Gasteiger charge is -2.44. The van der Waals surface area contributed by atoms with Crippen molar-refractivity contribution in [2.24, 2.45) is 5.92 Å². The van der Waals surface area contributed by atoms with E-state index < -0.39 is 21.9 Å². The fourth-order valence-corrected chi connectivity index (χ4v) is 7.06. The van der Waals surface area contributed by atoms with E-state index in [1.165, 1.54) is 22.5 Å². The number of fused-ring (bicyclic) bond motifs is 3. The van der Waals surface area contributed by atoms with E-state index in [1.807, 2.05) is 42.3 Å². The van der Waals surface area contributed by atoms with Crippen molar-refractivity contribution in [3.05, 3.63) is 83.7 Å². The van der Waals surface area contributed by atoms with Crippen LogP contribution in [0.2, 0.25) is 0 Å². The van der Waals surface area contributed by atoms with Gasteiger partial charge in [0.2, 0.25) is 10.0 Å². The number of rotatable bonds is 4. The molecule has 0 saturated carbocycles. The van der Waals surface area contributed by atoms with Crippen LogP contribution in [0.15, 0.2) is 71.6 Å². The van der Waals surface area contributed by atoms with Crippen LogP contribution in [0, 0.1) is 23.1 Å². The number of hydrogen-bond donors (Lipinski definition) is 1. The van der Waals surface area contributed by atoms with Crippen LogP contribution in [0.25, 0.3) is 11.1 Å². The molecule has 1 fully saturated rings. The maximum atomic E-state index is 13.9. The molecule has 0 aromatic heterocycles. The molecule has 1 N–H and O–H groups in total. The van der Waals surface area contributed by atoms with Gasteiger partial charge in [0, 0.05) is 25.2 Å². The van der Waals surface area contributed by atoms with Gasteiger partial charge in [-0.2, -0.15) is 9.57 Å². The Morgan fingerprint density at radius 3 is 2.50 bits per heavy atom.